The van der Waals surface area contributed by atoms with Gasteiger partial charge >= 0.3 is 0 Å². The highest BCUT2D eigenvalue weighted by Crippen LogP contribution is 2.26. The van der Waals surface area contributed by atoms with E-state index in [0.29, 0.717) is 30.3 Å². The molecule has 1 aromatic carbocycles. The zero-order chi connectivity index (χ0) is 13.4. The van der Waals surface area contributed by atoms with E-state index in [0.717, 1.165) is 12.0 Å². The molecule has 0 aliphatic rings. The van der Waals surface area contributed by atoms with E-state index >= 15 is 0 Å². The molecule has 1 aromatic rings. The maximum atomic E-state index is 11.4. The van der Waals surface area contributed by atoms with Crippen LogP contribution in [0.4, 0.5) is 0 Å². The summed E-state index contributed by atoms with van der Waals surface area (Å²) >= 11 is 6.07. The van der Waals surface area contributed by atoms with Crippen molar-refractivity contribution in [3.05, 3.63) is 28.8 Å². The predicted octanol–water partition coefficient (Wildman–Crippen LogP) is 1.75. The molecule has 0 radical (unpaired) electrons. The van der Waals surface area contributed by atoms with Crippen molar-refractivity contribution in [2.75, 3.05) is 19.7 Å². The van der Waals surface area contributed by atoms with E-state index in [2.05, 4.69) is 5.32 Å². The molecule has 1 rings (SSSR count). The molecule has 0 heterocycles. The van der Waals surface area contributed by atoms with Gasteiger partial charge in [0.2, 0.25) is 0 Å². The Morgan fingerprint density at radius 1 is 1.50 bits per heavy atom. The minimum atomic E-state index is -0.129. The van der Waals surface area contributed by atoms with Crippen LogP contribution in [0.5, 0.6) is 5.75 Å². The average molecular weight is 271 g/mol. The second-order valence-electron chi connectivity index (χ2n) is 3.89. The number of ether oxygens (including phenoxy) is 1. The molecule has 0 aromatic heterocycles. The maximum absolute atomic E-state index is 11.4. The maximum Gasteiger partial charge on any atom is 0.257 e. The van der Waals surface area contributed by atoms with E-state index in [1.807, 2.05) is 6.92 Å². The van der Waals surface area contributed by atoms with Crippen LogP contribution in [0.15, 0.2) is 18.2 Å². The van der Waals surface area contributed by atoms with Crippen LogP contribution in [0, 0.1) is 0 Å². The summed E-state index contributed by atoms with van der Waals surface area (Å²) < 4.78 is 5.48. The monoisotopic (exact) mass is 270 g/mol. The van der Waals surface area contributed by atoms with Crippen molar-refractivity contribution >= 4 is 17.5 Å². The Kier molecular flexibility index (Phi) is 6.54. The molecular formula is C13H19ClN2O2. The van der Waals surface area contributed by atoms with Crippen molar-refractivity contribution in [1.82, 2.24) is 5.32 Å². The van der Waals surface area contributed by atoms with Gasteiger partial charge in [0, 0.05) is 17.1 Å². The van der Waals surface area contributed by atoms with Crippen molar-refractivity contribution < 1.29 is 9.53 Å². The molecule has 0 atom stereocenters. The van der Waals surface area contributed by atoms with Crippen molar-refractivity contribution in [3.63, 3.8) is 0 Å². The Labute approximate surface area is 112 Å². The summed E-state index contributed by atoms with van der Waals surface area (Å²) in [5.41, 5.74) is 6.38. The average Bonchev–Trinajstić information content (AvgIpc) is 2.37. The lowest BCUT2D eigenvalue weighted by atomic mass is 10.1. The standard InChI is InChI=1S/C13H19ClN2O2/c1-2-8-16-13(17)9-18-12-5-3-4-11(14)10(12)6-7-15/h3-5H,2,6-9,15H2,1H3,(H,16,17). The lowest BCUT2D eigenvalue weighted by Gasteiger charge is -2.12. The van der Waals surface area contributed by atoms with Crippen LogP contribution in [0.2, 0.25) is 5.02 Å². The molecule has 5 heteroatoms. The Balaban J connectivity index is 2.61. The van der Waals surface area contributed by atoms with E-state index in [4.69, 9.17) is 22.1 Å². The van der Waals surface area contributed by atoms with Crippen LogP contribution < -0.4 is 15.8 Å². The van der Waals surface area contributed by atoms with Gasteiger partial charge in [-0.2, -0.15) is 0 Å². The third-order valence-corrected chi connectivity index (χ3v) is 2.76. The number of carbonyl (C=O) groups excluding carboxylic acids is 1. The molecule has 0 saturated carbocycles. The Hall–Kier alpha value is -1.26. The number of carbonyl (C=O) groups is 1. The zero-order valence-corrected chi connectivity index (χ0v) is 11.3. The molecule has 3 N–H and O–H groups in total. The van der Waals surface area contributed by atoms with Crippen molar-refractivity contribution in [2.45, 2.75) is 19.8 Å². The Morgan fingerprint density at radius 3 is 2.94 bits per heavy atom. The number of nitrogens with two attached hydrogens (primary N) is 1. The third-order valence-electron chi connectivity index (χ3n) is 2.40. The molecule has 0 spiro atoms. The van der Waals surface area contributed by atoms with Crippen molar-refractivity contribution in [1.29, 1.82) is 0 Å². The smallest absolute Gasteiger partial charge is 0.257 e. The van der Waals surface area contributed by atoms with Crippen LogP contribution in [0.3, 0.4) is 0 Å². The first-order valence-electron chi connectivity index (χ1n) is 6.06. The molecule has 0 saturated heterocycles. The second-order valence-corrected chi connectivity index (χ2v) is 4.30. The van der Waals surface area contributed by atoms with Gasteiger partial charge in [-0.15, -0.1) is 0 Å². The highest BCUT2D eigenvalue weighted by atomic mass is 35.5. The minimum absolute atomic E-state index is 0.00207. The van der Waals surface area contributed by atoms with Crippen LogP contribution in [-0.2, 0) is 11.2 Å². The van der Waals surface area contributed by atoms with Crippen LogP contribution in [0.1, 0.15) is 18.9 Å². The van der Waals surface area contributed by atoms with Crippen molar-refractivity contribution in [2.24, 2.45) is 5.73 Å². The second kappa shape index (κ2) is 7.95. The quantitative estimate of drug-likeness (QED) is 0.793. The number of halogens is 1. The van der Waals surface area contributed by atoms with Gasteiger partial charge in [0.25, 0.3) is 5.91 Å². The summed E-state index contributed by atoms with van der Waals surface area (Å²) in [4.78, 5) is 11.4. The molecule has 0 unspecified atom stereocenters. The van der Waals surface area contributed by atoms with Gasteiger partial charge in [0.15, 0.2) is 6.61 Å². The first kappa shape index (κ1) is 14.8. The topological polar surface area (TPSA) is 64.3 Å². The normalized spacial score (nSPS) is 10.2. The van der Waals surface area contributed by atoms with E-state index < -0.39 is 0 Å². The van der Waals surface area contributed by atoms with E-state index in [1.165, 1.54) is 0 Å². The molecular weight excluding hydrogens is 252 g/mol. The highest BCUT2D eigenvalue weighted by molar-refractivity contribution is 6.31. The fraction of sp³-hybridized carbons (Fsp3) is 0.462. The summed E-state index contributed by atoms with van der Waals surface area (Å²) in [6.45, 7) is 3.14. The predicted molar refractivity (Wildman–Crippen MR) is 73.0 cm³/mol. The van der Waals surface area contributed by atoms with Crippen molar-refractivity contribution in [3.8, 4) is 5.75 Å². The van der Waals surface area contributed by atoms with Crippen LogP contribution in [-0.4, -0.2) is 25.6 Å². The summed E-state index contributed by atoms with van der Waals surface area (Å²) in [6.07, 6.45) is 1.53. The van der Waals surface area contributed by atoms with E-state index in [1.54, 1.807) is 18.2 Å². The third kappa shape index (κ3) is 4.55. The fourth-order valence-corrected chi connectivity index (χ4v) is 1.78. The summed E-state index contributed by atoms with van der Waals surface area (Å²) in [5.74, 6) is 0.495. The molecule has 100 valence electrons. The van der Waals surface area contributed by atoms with Gasteiger partial charge in [0.1, 0.15) is 5.75 Å². The SMILES string of the molecule is CCCNC(=O)COc1cccc(Cl)c1CCN. The molecule has 0 fully saturated rings. The van der Waals surface area contributed by atoms with E-state index in [-0.39, 0.29) is 12.5 Å². The lowest BCUT2D eigenvalue weighted by Crippen LogP contribution is -2.29. The summed E-state index contributed by atoms with van der Waals surface area (Å²) in [7, 11) is 0. The number of hydrogen-bond donors (Lipinski definition) is 2. The summed E-state index contributed by atoms with van der Waals surface area (Å²) in [6, 6.07) is 5.38. The lowest BCUT2D eigenvalue weighted by molar-refractivity contribution is -0.123. The Morgan fingerprint density at radius 2 is 2.28 bits per heavy atom. The first-order valence-corrected chi connectivity index (χ1v) is 6.43. The number of benzene rings is 1. The minimum Gasteiger partial charge on any atom is -0.483 e. The molecule has 0 bridgehead atoms. The van der Waals surface area contributed by atoms with Gasteiger partial charge in [-0.05, 0) is 31.5 Å². The first-order chi connectivity index (χ1) is 8.69. The molecule has 18 heavy (non-hydrogen) atoms. The molecule has 4 nitrogen and oxygen atoms in total. The summed E-state index contributed by atoms with van der Waals surface area (Å²) in [5, 5.41) is 3.36. The molecule has 0 aliphatic carbocycles. The van der Waals surface area contributed by atoms with Crippen LogP contribution >= 0.6 is 11.6 Å². The van der Waals surface area contributed by atoms with Crippen LogP contribution in [0.25, 0.3) is 0 Å². The number of nitrogens with one attached hydrogen (secondary N) is 1. The fourth-order valence-electron chi connectivity index (χ4n) is 1.52. The van der Waals surface area contributed by atoms with Gasteiger partial charge < -0.3 is 15.8 Å². The van der Waals surface area contributed by atoms with Gasteiger partial charge in [-0.3, -0.25) is 4.79 Å². The highest BCUT2D eigenvalue weighted by Gasteiger charge is 2.09. The number of rotatable bonds is 7. The molecule has 1 amide bonds. The van der Waals surface area contributed by atoms with Gasteiger partial charge in [0.05, 0.1) is 0 Å². The van der Waals surface area contributed by atoms with Gasteiger partial charge in [-0.1, -0.05) is 24.6 Å². The Bertz CT molecular complexity index is 397. The molecule has 0 aliphatic heterocycles. The largest absolute Gasteiger partial charge is 0.483 e. The number of amides is 1. The van der Waals surface area contributed by atoms with E-state index in [9.17, 15) is 4.79 Å². The van der Waals surface area contributed by atoms with Gasteiger partial charge in [-0.25, -0.2) is 0 Å². The number of hydrogen-bond acceptors (Lipinski definition) is 3. The zero-order valence-electron chi connectivity index (χ0n) is 10.5.